The van der Waals surface area contributed by atoms with Gasteiger partial charge in [-0.05, 0) is 19.1 Å². The predicted octanol–water partition coefficient (Wildman–Crippen LogP) is 2.01. The molecule has 1 radical (unpaired) electrons. The second-order valence-electron chi connectivity index (χ2n) is 1.54. The summed E-state index contributed by atoms with van der Waals surface area (Å²) in [5.74, 6) is 0. The van der Waals surface area contributed by atoms with Crippen LogP contribution in [0.5, 0.6) is 0 Å². The summed E-state index contributed by atoms with van der Waals surface area (Å²) < 4.78 is 4.03. The zero-order valence-corrected chi connectivity index (χ0v) is 9.44. The van der Waals surface area contributed by atoms with E-state index in [1.807, 2.05) is 18.2 Å². The van der Waals surface area contributed by atoms with Crippen LogP contribution in [0.25, 0.3) is 0 Å². The van der Waals surface area contributed by atoms with Crippen molar-refractivity contribution >= 4 is 6.47 Å². The SMILES string of the molecule is CCO[C-]=O.[CH2-]C.[Co+2].c1ccncc1. The van der Waals surface area contributed by atoms with Crippen molar-refractivity contribution in [3.8, 4) is 0 Å². The molecule has 3 nitrogen and oxygen atoms in total. The molecule has 1 aromatic rings. The van der Waals surface area contributed by atoms with Crippen LogP contribution in [0.1, 0.15) is 13.8 Å². The van der Waals surface area contributed by atoms with Gasteiger partial charge in [0.05, 0.1) is 0 Å². The summed E-state index contributed by atoms with van der Waals surface area (Å²) in [5.41, 5.74) is 0. The Bertz CT molecular complexity index is 144. The summed E-state index contributed by atoms with van der Waals surface area (Å²) in [4.78, 5) is 12.8. The number of pyridine rings is 1. The van der Waals surface area contributed by atoms with Gasteiger partial charge in [0.1, 0.15) is 0 Å². The largest absolute Gasteiger partial charge is 2.00 e. The van der Waals surface area contributed by atoms with Crippen LogP contribution in [-0.4, -0.2) is 18.1 Å². The molecule has 0 amide bonds. The monoisotopic (exact) mass is 240 g/mol. The van der Waals surface area contributed by atoms with E-state index in [0.29, 0.717) is 6.61 Å². The van der Waals surface area contributed by atoms with Crippen LogP contribution < -0.4 is 0 Å². The van der Waals surface area contributed by atoms with Crippen LogP contribution >= 0.6 is 0 Å². The molecule has 0 bridgehead atoms. The van der Waals surface area contributed by atoms with E-state index in [0.717, 1.165) is 0 Å². The number of ether oxygens (including phenoxy) is 1. The zero-order valence-electron chi connectivity index (χ0n) is 8.40. The quantitative estimate of drug-likeness (QED) is 0.742. The maximum atomic E-state index is 9.06. The normalized spacial score (nSPS) is 6.21. The molecule has 0 fully saturated rings. The molecule has 1 rings (SSSR count). The fourth-order valence-corrected chi connectivity index (χ4v) is 0.372. The van der Waals surface area contributed by atoms with Gasteiger partial charge in [-0.15, -0.1) is 0 Å². The van der Waals surface area contributed by atoms with Crippen molar-refractivity contribution in [1.82, 2.24) is 4.98 Å². The maximum absolute atomic E-state index is 9.06. The molecule has 0 N–H and O–H groups in total. The fourth-order valence-electron chi connectivity index (χ4n) is 0.372. The van der Waals surface area contributed by atoms with Crippen LogP contribution in [0.3, 0.4) is 0 Å². The molecule has 1 heterocycles. The second kappa shape index (κ2) is 22.7. The number of carbonyl (C=O) groups excluding carboxylic acids is 1. The Morgan fingerprint density at radius 3 is 1.86 bits per heavy atom. The first kappa shape index (κ1) is 18.8. The van der Waals surface area contributed by atoms with Crippen LogP contribution in [0.2, 0.25) is 0 Å². The van der Waals surface area contributed by atoms with E-state index >= 15 is 0 Å². The minimum Gasteiger partial charge on any atom is -0.653 e. The topological polar surface area (TPSA) is 39.2 Å². The predicted molar refractivity (Wildman–Crippen MR) is 52.6 cm³/mol. The Balaban J connectivity index is -0.000000141. The van der Waals surface area contributed by atoms with Crippen LogP contribution in [0.4, 0.5) is 0 Å². The number of aromatic nitrogens is 1. The van der Waals surface area contributed by atoms with Crippen molar-refractivity contribution in [1.29, 1.82) is 0 Å². The number of rotatable bonds is 2. The van der Waals surface area contributed by atoms with E-state index in [4.69, 9.17) is 4.79 Å². The van der Waals surface area contributed by atoms with Gasteiger partial charge in [-0.3, -0.25) is 4.98 Å². The molecule has 0 aliphatic heterocycles. The van der Waals surface area contributed by atoms with Crippen molar-refractivity contribution in [2.24, 2.45) is 0 Å². The molecule has 1 aromatic heterocycles. The van der Waals surface area contributed by atoms with Crippen molar-refractivity contribution in [3.05, 3.63) is 37.5 Å². The van der Waals surface area contributed by atoms with Gasteiger partial charge in [-0.2, -0.15) is 6.92 Å². The van der Waals surface area contributed by atoms with Crippen molar-refractivity contribution < 1.29 is 26.3 Å². The van der Waals surface area contributed by atoms with Crippen molar-refractivity contribution in [3.63, 3.8) is 0 Å². The Hall–Kier alpha value is -0.874. The molecule has 4 heteroatoms. The van der Waals surface area contributed by atoms with Crippen molar-refractivity contribution in [2.45, 2.75) is 13.8 Å². The summed E-state index contributed by atoms with van der Waals surface area (Å²) in [6, 6.07) is 5.72. The molecule has 0 saturated carbocycles. The molecule has 81 valence electrons. The molecular weight excluding hydrogens is 225 g/mol. The summed E-state index contributed by atoms with van der Waals surface area (Å²) in [5, 5.41) is 0. The first-order valence-corrected chi connectivity index (χ1v) is 3.96. The third kappa shape index (κ3) is 22.5. The van der Waals surface area contributed by atoms with E-state index in [1.165, 1.54) is 6.47 Å². The average molecular weight is 240 g/mol. The van der Waals surface area contributed by atoms with Crippen LogP contribution in [0.15, 0.2) is 30.6 Å². The van der Waals surface area contributed by atoms with E-state index in [9.17, 15) is 0 Å². The van der Waals surface area contributed by atoms with Gasteiger partial charge in [0.25, 0.3) is 0 Å². The number of hydrogen-bond donors (Lipinski definition) is 0. The zero-order chi connectivity index (χ0) is 10.4. The molecule has 0 spiro atoms. The smallest absolute Gasteiger partial charge is 0.653 e. The van der Waals surface area contributed by atoms with E-state index < -0.39 is 0 Å². The molecule has 0 aliphatic rings. The molecule has 0 aromatic carbocycles. The van der Waals surface area contributed by atoms with E-state index in [-0.39, 0.29) is 16.8 Å². The van der Waals surface area contributed by atoms with E-state index in [2.05, 4.69) is 16.6 Å². The maximum Gasteiger partial charge on any atom is 2.00 e. The van der Waals surface area contributed by atoms with Crippen LogP contribution in [-0.2, 0) is 26.3 Å². The van der Waals surface area contributed by atoms with Gasteiger partial charge >= 0.3 is 16.8 Å². The average Bonchev–Trinajstić information content (AvgIpc) is 2.25. The Labute approximate surface area is 96.1 Å². The summed E-state index contributed by atoms with van der Waals surface area (Å²) >= 11 is 0. The fraction of sp³-hybridized carbons (Fsp3) is 0.300. The summed E-state index contributed by atoms with van der Waals surface area (Å²) in [6.45, 7) is 8.41. The summed E-state index contributed by atoms with van der Waals surface area (Å²) in [7, 11) is 0. The second-order valence-corrected chi connectivity index (χ2v) is 1.54. The third-order valence-corrected chi connectivity index (χ3v) is 0.770. The molecule has 0 saturated heterocycles. The van der Waals surface area contributed by atoms with Crippen molar-refractivity contribution in [2.75, 3.05) is 6.61 Å². The first-order chi connectivity index (χ1) is 6.41. The number of nitrogens with zero attached hydrogens (tertiary/aromatic N) is 1. The Morgan fingerprint density at radius 2 is 1.79 bits per heavy atom. The minimum atomic E-state index is 0. The van der Waals surface area contributed by atoms with Gasteiger partial charge in [0.2, 0.25) is 0 Å². The molecule has 0 atom stereocenters. The molecule has 0 unspecified atom stereocenters. The van der Waals surface area contributed by atoms with Gasteiger partial charge in [0.15, 0.2) is 0 Å². The van der Waals surface area contributed by atoms with Gasteiger partial charge in [-0.1, -0.05) is 12.5 Å². The molecule has 14 heavy (non-hydrogen) atoms. The standard InChI is InChI=1S/C5H5N.C3H5O2.C2H5.Co/c1-2-4-6-5-3-1;1-2-5-3-4;1-2;/h1-5H;2H2,1H3;1H2,2H3;/q;2*-1;+2. The Kier molecular flexibility index (Phi) is 30.6. The van der Waals surface area contributed by atoms with Gasteiger partial charge in [-0.25, -0.2) is 0 Å². The minimum absolute atomic E-state index is 0. The van der Waals surface area contributed by atoms with Gasteiger partial charge < -0.3 is 16.5 Å². The van der Waals surface area contributed by atoms with E-state index in [1.54, 1.807) is 26.2 Å². The Morgan fingerprint density at radius 1 is 1.29 bits per heavy atom. The molecule has 0 aliphatic carbocycles. The number of hydrogen-bond acceptors (Lipinski definition) is 3. The molecular formula is C10H15CoNO2. The summed E-state index contributed by atoms with van der Waals surface area (Å²) in [6.07, 6.45) is 3.50. The third-order valence-electron chi connectivity index (χ3n) is 0.770. The first-order valence-electron chi connectivity index (χ1n) is 3.96. The van der Waals surface area contributed by atoms with Crippen LogP contribution in [0, 0.1) is 6.92 Å². The van der Waals surface area contributed by atoms with Gasteiger partial charge in [0, 0.05) is 19.0 Å².